The fourth-order valence-electron chi connectivity index (χ4n) is 1.69. The molecule has 0 aromatic heterocycles. The van der Waals surface area contributed by atoms with Crippen LogP contribution in [0.2, 0.25) is 5.02 Å². The fraction of sp³-hybridized carbons (Fsp3) is 0. The van der Waals surface area contributed by atoms with Crippen molar-refractivity contribution in [2.75, 3.05) is 5.32 Å². The first-order chi connectivity index (χ1) is 9.88. The Bertz CT molecular complexity index is 736. The van der Waals surface area contributed by atoms with E-state index in [1.807, 2.05) is 0 Å². The van der Waals surface area contributed by atoms with Crippen molar-refractivity contribution in [2.24, 2.45) is 0 Å². The molecule has 0 atom stereocenters. The van der Waals surface area contributed by atoms with Gasteiger partial charge in [-0.3, -0.25) is 10.1 Å². The largest absolute Gasteiger partial charge is 0.477 e. The molecule has 2 N–H and O–H groups in total. The lowest BCUT2D eigenvalue weighted by Gasteiger charge is -2.08. The summed E-state index contributed by atoms with van der Waals surface area (Å²) >= 11 is 5.62. The first-order valence-electron chi connectivity index (χ1n) is 5.62. The van der Waals surface area contributed by atoms with E-state index in [1.165, 1.54) is 18.2 Å². The molecule has 0 heterocycles. The molecule has 0 aliphatic rings. The number of carboxylic acid groups (broad SMARTS) is 1. The van der Waals surface area contributed by atoms with E-state index in [9.17, 15) is 19.3 Å². The van der Waals surface area contributed by atoms with Crippen molar-refractivity contribution < 1.29 is 19.2 Å². The molecular weight excluding hydrogens is 303 g/mol. The Balaban J connectivity index is 2.39. The van der Waals surface area contributed by atoms with Crippen LogP contribution in [-0.4, -0.2) is 16.0 Å². The second-order valence-corrected chi connectivity index (χ2v) is 4.48. The highest BCUT2D eigenvalue weighted by Crippen LogP contribution is 2.27. The third kappa shape index (κ3) is 3.26. The quantitative estimate of drug-likeness (QED) is 0.661. The summed E-state index contributed by atoms with van der Waals surface area (Å²) in [6.45, 7) is 0. The van der Waals surface area contributed by atoms with Gasteiger partial charge in [0.05, 0.1) is 10.6 Å². The first kappa shape index (κ1) is 14.7. The van der Waals surface area contributed by atoms with Crippen LogP contribution in [0.4, 0.5) is 21.5 Å². The molecule has 8 heteroatoms. The summed E-state index contributed by atoms with van der Waals surface area (Å²) in [4.78, 5) is 21.0. The minimum Gasteiger partial charge on any atom is -0.477 e. The number of nitrogens with one attached hydrogen (secondary N) is 1. The number of aromatic carboxylic acids is 1. The maximum atomic E-state index is 13.6. The molecule has 0 aliphatic heterocycles. The number of nitro benzene ring substituents is 1. The number of hydrogen-bond donors (Lipinski definition) is 2. The van der Waals surface area contributed by atoms with Gasteiger partial charge in [0.1, 0.15) is 11.4 Å². The van der Waals surface area contributed by atoms with Crippen LogP contribution in [0.15, 0.2) is 36.4 Å². The number of rotatable bonds is 4. The predicted molar refractivity (Wildman–Crippen MR) is 74.7 cm³/mol. The molecule has 0 fully saturated rings. The minimum atomic E-state index is -1.44. The minimum absolute atomic E-state index is 0.0737. The van der Waals surface area contributed by atoms with Gasteiger partial charge in [0.25, 0.3) is 5.69 Å². The van der Waals surface area contributed by atoms with Crippen molar-refractivity contribution in [3.8, 4) is 0 Å². The van der Waals surface area contributed by atoms with Crippen LogP contribution in [-0.2, 0) is 0 Å². The standard InChI is InChI=1S/C13H8ClFN2O4/c14-7-1-3-11(10(15)5-7)16-8-2-4-12(17(20)21)9(6-8)13(18)19/h1-6,16H,(H,18,19). The number of benzene rings is 2. The molecule has 6 nitrogen and oxygen atoms in total. The van der Waals surface area contributed by atoms with Gasteiger partial charge in [-0.25, -0.2) is 9.18 Å². The zero-order chi connectivity index (χ0) is 15.6. The van der Waals surface area contributed by atoms with Crippen LogP contribution in [0.5, 0.6) is 0 Å². The summed E-state index contributed by atoms with van der Waals surface area (Å²) in [5.74, 6) is -2.07. The molecule has 108 valence electrons. The Labute approximate surface area is 122 Å². The SMILES string of the molecule is O=C(O)c1cc(Nc2ccc(Cl)cc2F)ccc1[N+](=O)[O-]. The zero-order valence-corrected chi connectivity index (χ0v) is 11.1. The first-order valence-corrected chi connectivity index (χ1v) is 6.00. The van der Waals surface area contributed by atoms with Gasteiger partial charge < -0.3 is 10.4 Å². The summed E-state index contributed by atoms with van der Waals surface area (Å²) in [5.41, 5.74) is -0.743. The normalized spacial score (nSPS) is 10.2. The number of carbonyl (C=O) groups is 1. The van der Waals surface area contributed by atoms with Crippen molar-refractivity contribution >= 4 is 34.6 Å². The Hall–Kier alpha value is -2.67. The molecule has 0 spiro atoms. The van der Waals surface area contributed by atoms with Gasteiger partial charge in [0.2, 0.25) is 0 Å². The van der Waals surface area contributed by atoms with Crippen molar-refractivity contribution in [1.82, 2.24) is 0 Å². The van der Waals surface area contributed by atoms with Gasteiger partial charge in [-0.05, 0) is 30.3 Å². The van der Waals surface area contributed by atoms with Crippen molar-refractivity contribution in [3.63, 3.8) is 0 Å². The molecule has 2 rings (SSSR count). The topological polar surface area (TPSA) is 92.5 Å². The van der Waals surface area contributed by atoms with E-state index >= 15 is 0 Å². The number of halogens is 2. The van der Waals surface area contributed by atoms with Gasteiger partial charge in [-0.1, -0.05) is 11.6 Å². The van der Waals surface area contributed by atoms with Crippen molar-refractivity contribution in [2.45, 2.75) is 0 Å². The smallest absolute Gasteiger partial charge is 0.342 e. The van der Waals surface area contributed by atoms with Gasteiger partial charge >= 0.3 is 5.97 Å². The molecule has 0 bridgehead atoms. The molecule has 2 aromatic rings. The van der Waals surface area contributed by atoms with Gasteiger partial charge in [0, 0.05) is 16.8 Å². The number of nitro groups is 1. The van der Waals surface area contributed by atoms with Crippen LogP contribution in [0, 0.1) is 15.9 Å². The van der Waals surface area contributed by atoms with E-state index in [0.29, 0.717) is 0 Å². The lowest BCUT2D eigenvalue weighted by molar-refractivity contribution is -0.385. The van der Waals surface area contributed by atoms with Crippen molar-refractivity contribution in [1.29, 1.82) is 0 Å². The molecule has 0 saturated heterocycles. The number of hydrogen-bond acceptors (Lipinski definition) is 4. The highest BCUT2D eigenvalue weighted by atomic mass is 35.5. The Morgan fingerprint density at radius 3 is 2.57 bits per heavy atom. The van der Waals surface area contributed by atoms with Crippen LogP contribution in [0.25, 0.3) is 0 Å². The predicted octanol–water partition coefficient (Wildman–Crippen LogP) is 3.83. The second-order valence-electron chi connectivity index (χ2n) is 4.04. The van der Waals surface area contributed by atoms with Gasteiger partial charge in [0.15, 0.2) is 0 Å². The summed E-state index contributed by atoms with van der Waals surface area (Å²) < 4.78 is 13.6. The summed E-state index contributed by atoms with van der Waals surface area (Å²) in [6.07, 6.45) is 0. The monoisotopic (exact) mass is 310 g/mol. The summed E-state index contributed by atoms with van der Waals surface area (Å²) in [7, 11) is 0. The lowest BCUT2D eigenvalue weighted by atomic mass is 10.1. The molecule has 2 aromatic carbocycles. The Morgan fingerprint density at radius 2 is 2.00 bits per heavy atom. The van der Waals surface area contributed by atoms with Crippen LogP contribution >= 0.6 is 11.6 Å². The third-order valence-electron chi connectivity index (χ3n) is 2.63. The average molecular weight is 311 g/mol. The lowest BCUT2D eigenvalue weighted by Crippen LogP contribution is -2.04. The van der Waals surface area contributed by atoms with Gasteiger partial charge in [-0.15, -0.1) is 0 Å². The average Bonchev–Trinajstić information content (AvgIpc) is 2.41. The summed E-state index contributed by atoms with van der Waals surface area (Å²) in [6, 6.07) is 7.32. The third-order valence-corrected chi connectivity index (χ3v) is 2.87. The highest BCUT2D eigenvalue weighted by molar-refractivity contribution is 6.30. The van der Waals surface area contributed by atoms with Crippen molar-refractivity contribution in [3.05, 3.63) is 62.9 Å². The van der Waals surface area contributed by atoms with Gasteiger partial charge in [-0.2, -0.15) is 0 Å². The number of anilines is 2. The van der Waals surface area contributed by atoms with E-state index < -0.39 is 28.0 Å². The molecule has 0 aliphatic carbocycles. The van der Waals surface area contributed by atoms with E-state index in [0.717, 1.165) is 18.2 Å². The van der Waals surface area contributed by atoms with E-state index in [4.69, 9.17) is 16.7 Å². The molecule has 21 heavy (non-hydrogen) atoms. The highest BCUT2D eigenvalue weighted by Gasteiger charge is 2.20. The number of nitrogens with zero attached hydrogens (tertiary/aromatic N) is 1. The van der Waals surface area contributed by atoms with Crippen LogP contribution in [0.3, 0.4) is 0 Å². The van der Waals surface area contributed by atoms with E-state index in [1.54, 1.807) is 0 Å². The fourth-order valence-corrected chi connectivity index (χ4v) is 1.85. The maximum absolute atomic E-state index is 13.6. The second kappa shape index (κ2) is 5.76. The molecule has 0 saturated carbocycles. The summed E-state index contributed by atoms with van der Waals surface area (Å²) in [5, 5.41) is 22.6. The van der Waals surface area contributed by atoms with Crippen LogP contribution in [0.1, 0.15) is 10.4 Å². The molecular formula is C13H8ClFN2O4. The van der Waals surface area contributed by atoms with Crippen LogP contribution < -0.4 is 5.32 Å². The molecule has 0 amide bonds. The van der Waals surface area contributed by atoms with E-state index in [-0.39, 0.29) is 16.4 Å². The molecule has 0 unspecified atom stereocenters. The number of carboxylic acids is 1. The zero-order valence-electron chi connectivity index (χ0n) is 10.3. The van der Waals surface area contributed by atoms with E-state index in [2.05, 4.69) is 5.32 Å². The Morgan fingerprint density at radius 1 is 1.29 bits per heavy atom. The Kier molecular flexibility index (Phi) is 4.04. The molecule has 0 radical (unpaired) electrons. The maximum Gasteiger partial charge on any atom is 0.342 e.